The highest BCUT2D eigenvalue weighted by molar-refractivity contribution is 6.01. The Morgan fingerprint density at radius 2 is 2.11 bits per heavy atom. The van der Waals surface area contributed by atoms with Crippen LogP contribution in [0.25, 0.3) is 0 Å². The van der Waals surface area contributed by atoms with E-state index < -0.39 is 0 Å². The molecular weight excluding hydrogens is 240 g/mol. The number of rotatable bonds is 2. The summed E-state index contributed by atoms with van der Waals surface area (Å²) in [6.07, 6.45) is 4.24. The molecule has 1 aliphatic heterocycles. The molecule has 0 aromatic heterocycles. The molecule has 4 nitrogen and oxygen atoms in total. The Bertz CT molecular complexity index is 493. The van der Waals surface area contributed by atoms with Crippen molar-refractivity contribution < 1.29 is 9.53 Å². The number of nitrogens with one attached hydrogen (secondary N) is 2. The van der Waals surface area contributed by atoms with Gasteiger partial charge in [-0.25, -0.2) is 0 Å². The second-order valence-electron chi connectivity index (χ2n) is 5.41. The van der Waals surface area contributed by atoms with E-state index in [1.165, 1.54) is 0 Å². The fraction of sp³-hybridized carbons (Fsp3) is 0.533. The minimum atomic E-state index is -0.234. The van der Waals surface area contributed by atoms with E-state index in [1.807, 2.05) is 25.1 Å². The van der Waals surface area contributed by atoms with E-state index in [-0.39, 0.29) is 11.3 Å². The zero-order chi connectivity index (χ0) is 13.3. The third kappa shape index (κ3) is 2.05. The number of hydrogen-bond acceptors (Lipinski definition) is 3. The Morgan fingerprint density at radius 3 is 2.84 bits per heavy atom. The molecule has 2 N–H and O–H groups in total. The van der Waals surface area contributed by atoms with E-state index >= 15 is 0 Å². The molecule has 0 bridgehead atoms. The lowest BCUT2D eigenvalue weighted by atomic mass is 9.85. The predicted octanol–water partition coefficient (Wildman–Crippen LogP) is 3.01. The molecule has 0 atom stereocenters. The van der Waals surface area contributed by atoms with E-state index in [2.05, 4.69) is 10.6 Å². The molecule has 0 radical (unpaired) electrons. The maximum absolute atomic E-state index is 12.6. The lowest BCUT2D eigenvalue weighted by molar-refractivity contribution is -0.124. The van der Waals surface area contributed by atoms with Crippen LogP contribution in [0.5, 0.6) is 5.75 Å². The predicted molar refractivity (Wildman–Crippen MR) is 75.6 cm³/mol. The van der Waals surface area contributed by atoms with Crippen molar-refractivity contribution in [2.75, 3.05) is 23.8 Å². The van der Waals surface area contributed by atoms with Crippen LogP contribution in [-0.2, 0) is 4.79 Å². The number of amides is 1. The molecule has 0 unspecified atom stereocenters. The summed E-state index contributed by atoms with van der Waals surface area (Å²) in [6, 6.07) is 5.85. The van der Waals surface area contributed by atoms with Crippen molar-refractivity contribution in [3.63, 3.8) is 0 Å². The van der Waals surface area contributed by atoms with E-state index in [1.54, 1.807) is 0 Å². The zero-order valence-corrected chi connectivity index (χ0v) is 11.3. The van der Waals surface area contributed by atoms with Gasteiger partial charge < -0.3 is 15.4 Å². The summed E-state index contributed by atoms with van der Waals surface area (Å²) in [5.74, 6) is 0.888. The first kappa shape index (κ1) is 12.3. The molecule has 3 rings (SSSR count). The second-order valence-corrected chi connectivity index (χ2v) is 5.41. The number of anilines is 2. The fourth-order valence-corrected chi connectivity index (χ4v) is 3.13. The quantitative estimate of drug-likeness (QED) is 0.859. The van der Waals surface area contributed by atoms with Crippen LogP contribution in [0.4, 0.5) is 11.4 Å². The summed E-state index contributed by atoms with van der Waals surface area (Å²) in [5.41, 5.74) is 1.52. The molecule has 1 spiro atoms. The van der Waals surface area contributed by atoms with Crippen LogP contribution >= 0.6 is 0 Å². The fourth-order valence-electron chi connectivity index (χ4n) is 3.13. The van der Waals surface area contributed by atoms with Crippen molar-refractivity contribution in [3.8, 4) is 5.75 Å². The molecule has 1 aromatic rings. The first-order valence-electron chi connectivity index (χ1n) is 7.06. The van der Waals surface area contributed by atoms with Gasteiger partial charge in [-0.2, -0.15) is 0 Å². The smallest absolute Gasteiger partial charge is 0.232 e. The molecular formula is C15H20N2O2. The van der Waals surface area contributed by atoms with Gasteiger partial charge in [0.25, 0.3) is 0 Å². The summed E-state index contributed by atoms with van der Waals surface area (Å²) < 4.78 is 5.60. The van der Waals surface area contributed by atoms with E-state index in [4.69, 9.17) is 4.74 Å². The summed E-state index contributed by atoms with van der Waals surface area (Å²) in [7, 11) is 0. The molecule has 19 heavy (non-hydrogen) atoms. The van der Waals surface area contributed by atoms with Crippen LogP contribution in [0.3, 0.4) is 0 Å². The Morgan fingerprint density at radius 1 is 1.32 bits per heavy atom. The summed E-state index contributed by atoms with van der Waals surface area (Å²) in [5, 5.41) is 6.51. The number of ether oxygens (including phenoxy) is 1. The highest BCUT2D eigenvalue weighted by atomic mass is 16.5. The molecule has 1 heterocycles. The molecule has 2 aliphatic rings. The summed E-state index contributed by atoms with van der Waals surface area (Å²) >= 11 is 0. The van der Waals surface area contributed by atoms with E-state index in [0.717, 1.165) is 49.4 Å². The Kier molecular flexibility index (Phi) is 3.09. The highest BCUT2D eigenvalue weighted by Crippen LogP contribution is 2.44. The minimum Gasteiger partial charge on any atom is -0.492 e. The van der Waals surface area contributed by atoms with Crippen LogP contribution in [0, 0.1) is 5.41 Å². The van der Waals surface area contributed by atoms with Crippen molar-refractivity contribution in [1.29, 1.82) is 0 Å². The lowest BCUT2D eigenvalue weighted by Gasteiger charge is -2.24. The molecule has 1 fully saturated rings. The van der Waals surface area contributed by atoms with Crippen molar-refractivity contribution >= 4 is 17.3 Å². The Labute approximate surface area is 113 Å². The molecule has 1 aliphatic carbocycles. The third-order valence-corrected chi connectivity index (χ3v) is 4.22. The molecule has 1 saturated carbocycles. The Balaban J connectivity index is 1.95. The van der Waals surface area contributed by atoms with Gasteiger partial charge in [0.05, 0.1) is 17.7 Å². The van der Waals surface area contributed by atoms with Crippen LogP contribution in [0.15, 0.2) is 18.2 Å². The monoisotopic (exact) mass is 260 g/mol. The SMILES string of the molecule is CCOc1cccc2c1NC(=O)C1(CCCC1)CN2. The van der Waals surface area contributed by atoms with Crippen LogP contribution < -0.4 is 15.4 Å². The van der Waals surface area contributed by atoms with Gasteiger partial charge in [0.1, 0.15) is 11.4 Å². The van der Waals surface area contributed by atoms with E-state index in [0.29, 0.717) is 6.61 Å². The van der Waals surface area contributed by atoms with Gasteiger partial charge in [-0.15, -0.1) is 0 Å². The van der Waals surface area contributed by atoms with Gasteiger partial charge in [-0.1, -0.05) is 18.9 Å². The lowest BCUT2D eigenvalue weighted by Crippen LogP contribution is -2.37. The highest BCUT2D eigenvalue weighted by Gasteiger charge is 2.43. The standard InChI is InChI=1S/C15H20N2O2/c1-2-19-12-7-5-6-11-13(12)17-14(18)15(10-16-11)8-3-4-9-15/h5-7,16H,2-4,8-10H2,1H3,(H,17,18). The summed E-state index contributed by atoms with van der Waals surface area (Å²) in [6.45, 7) is 3.27. The van der Waals surface area contributed by atoms with Gasteiger partial charge in [0, 0.05) is 6.54 Å². The van der Waals surface area contributed by atoms with Crippen molar-refractivity contribution in [2.24, 2.45) is 5.41 Å². The molecule has 102 valence electrons. The first-order chi connectivity index (χ1) is 9.25. The van der Waals surface area contributed by atoms with Crippen LogP contribution in [0.2, 0.25) is 0 Å². The normalized spacial score (nSPS) is 20.4. The average Bonchev–Trinajstić information content (AvgIpc) is 2.84. The number of carbonyl (C=O) groups is 1. The number of hydrogen-bond donors (Lipinski definition) is 2. The maximum atomic E-state index is 12.6. The van der Waals surface area contributed by atoms with Crippen molar-refractivity contribution in [1.82, 2.24) is 0 Å². The molecule has 1 aromatic carbocycles. The summed E-state index contributed by atoms with van der Waals surface area (Å²) in [4.78, 5) is 12.6. The number of carbonyl (C=O) groups excluding carboxylic acids is 1. The largest absolute Gasteiger partial charge is 0.492 e. The number of para-hydroxylation sites is 1. The van der Waals surface area contributed by atoms with Crippen molar-refractivity contribution in [3.05, 3.63) is 18.2 Å². The van der Waals surface area contributed by atoms with Crippen molar-refractivity contribution in [2.45, 2.75) is 32.6 Å². The topological polar surface area (TPSA) is 50.4 Å². The zero-order valence-electron chi connectivity index (χ0n) is 11.3. The van der Waals surface area contributed by atoms with Crippen LogP contribution in [-0.4, -0.2) is 19.1 Å². The molecule has 1 amide bonds. The van der Waals surface area contributed by atoms with E-state index in [9.17, 15) is 4.79 Å². The van der Waals surface area contributed by atoms with Gasteiger partial charge in [-0.05, 0) is 31.9 Å². The number of benzene rings is 1. The second kappa shape index (κ2) is 4.76. The van der Waals surface area contributed by atoms with Gasteiger partial charge in [0.2, 0.25) is 5.91 Å². The van der Waals surface area contributed by atoms with Gasteiger partial charge in [-0.3, -0.25) is 4.79 Å². The maximum Gasteiger partial charge on any atom is 0.232 e. The molecule has 0 saturated heterocycles. The van der Waals surface area contributed by atoms with Gasteiger partial charge >= 0.3 is 0 Å². The third-order valence-electron chi connectivity index (χ3n) is 4.22. The first-order valence-corrected chi connectivity index (χ1v) is 7.06. The number of fused-ring (bicyclic) bond motifs is 1. The van der Waals surface area contributed by atoms with Gasteiger partial charge in [0.15, 0.2) is 0 Å². The molecule has 4 heteroatoms. The Hall–Kier alpha value is -1.71. The average molecular weight is 260 g/mol. The van der Waals surface area contributed by atoms with Crippen LogP contribution in [0.1, 0.15) is 32.6 Å². The minimum absolute atomic E-state index is 0.142.